The van der Waals surface area contributed by atoms with Crippen LogP contribution in [0.2, 0.25) is 0 Å². The van der Waals surface area contributed by atoms with Crippen LogP contribution in [0.3, 0.4) is 0 Å². The van der Waals surface area contributed by atoms with Gasteiger partial charge < -0.3 is 10.2 Å². The number of aromatic nitrogens is 2. The van der Waals surface area contributed by atoms with E-state index in [9.17, 15) is 0 Å². The Labute approximate surface area is 449 Å². The molecule has 0 radical (unpaired) electrons. The van der Waals surface area contributed by atoms with Crippen LogP contribution in [0, 0.1) is 13.8 Å². The summed E-state index contributed by atoms with van der Waals surface area (Å²) >= 11 is 3.34. The molecule has 362 valence electrons. The van der Waals surface area contributed by atoms with Gasteiger partial charge >= 0.3 is 0 Å². The summed E-state index contributed by atoms with van der Waals surface area (Å²) in [5, 5.41) is 34.1. The number of hydrogen-bond donors (Lipinski definition) is 2. The first-order valence-electron chi connectivity index (χ1n) is 25.7. The predicted octanol–water partition coefficient (Wildman–Crippen LogP) is 17.6. The highest BCUT2D eigenvalue weighted by Crippen LogP contribution is 2.61. The predicted molar refractivity (Wildman–Crippen MR) is 316 cm³/mol. The van der Waals surface area contributed by atoms with Crippen molar-refractivity contribution in [2.24, 2.45) is 0 Å². The van der Waals surface area contributed by atoms with Crippen molar-refractivity contribution < 1.29 is 10.2 Å². The average molecular weight is 1010 g/mol. The molecule has 0 saturated carbocycles. The minimum absolute atomic E-state index is 0.585. The maximum atomic E-state index is 15.2. The topological polar surface area (TPSA) is 66.2 Å². The van der Waals surface area contributed by atoms with Gasteiger partial charge in [-0.2, -0.15) is 0 Å². The first kappa shape index (κ1) is 46.0. The second-order valence-electron chi connectivity index (χ2n) is 20.0. The second-order valence-corrected chi connectivity index (χ2v) is 22.1. The fourth-order valence-corrected chi connectivity index (χ4v) is 13.9. The summed E-state index contributed by atoms with van der Waals surface area (Å²) in [6.07, 6.45) is 0. The first-order valence-corrected chi connectivity index (χ1v) is 27.3. The monoisotopic (exact) mass is 1010 g/mol. The van der Waals surface area contributed by atoms with Gasteiger partial charge in [0.15, 0.2) is 0 Å². The summed E-state index contributed by atoms with van der Waals surface area (Å²) in [6.45, 7) is 4.22. The van der Waals surface area contributed by atoms with Gasteiger partial charge in [0.05, 0.1) is 20.4 Å². The first-order chi connectivity index (χ1) is 37.2. The number of thiazole rings is 2. The molecule has 1 aliphatic rings. The normalized spacial score (nSPS) is 16.0. The van der Waals surface area contributed by atoms with Crippen LogP contribution in [0.25, 0.3) is 96.9 Å². The van der Waals surface area contributed by atoms with Gasteiger partial charge in [0.2, 0.25) is 0 Å². The van der Waals surface area contributed by atoms with E-state index in [1.807, 2.05) is 24.3 Å². The molecular formula is C70H48N2O2S2. The second kappa shape index (κ2) is 18.0. The highest BCUT2D eigenvalue weighted by Gasteiger charge is 2.54. The van der Waals surface area contributed by atoms with Crippen molar-refractivity contribution in [3.05, 3.63) is 287 Å². The molecule has 0 amide bonds. The lowest BCUT2D eigenvalue weighted by molar-refractivity contribution is 0.0760. The van der Waals surface area contributed by atoms with E-state index in [4.69, 9.17) is 9.97 Å². The Hall–Kier alpha value is -8.62. The van der Waals surface area contributed by atoms with E-state index in [-0.39, 0.29) is 0 Å². The molecule has 2 unspecified atom stereocenters. The average Bonchev–Trinajstić information content (AvgIpc) is 4.11. The van der Waals surface area contributed by atoms with Crippen molar-refractivity contribution in [2.75, 3.05) is 0 Å². The van der Waals surface area contributed by atoms with E-state index in [1.165, 1.54) is 11.1 Å². The lowest BCUT2D eigenvalue weighted by Gasteiger charge is -2.48. The van der Waals surface area contributed by atoms with Gasteiger partial charge in [0, 0.05) is 33.4 Å². The Morgan fingerprint density at radius 2 is 0.684 bits per heavy atom. The summed E-state index contributed by atoms with van der Waals surface area (Å²) in [4.78, 5) is 10.2. The van der Waals surface area contributed by atoms with E-state index >= 15 is 10.2 Å². The number of fused-ring (bicyclic) bond motifs is 5. The third-order valence-electron chi connectivity index (χ3n) is 15.4. The fourth-order valence-electron chi connectivity index (χ4n) is 11.8. The molecular weight excluding hydrogens is 965 g/mol. The lowest BCUT2D eigenvalue weighted by Crippen LogP contribution is -2.45. The smallest absolute Gasteiger partial charge is 0.142 e. The molecule has 2 aromatic heterocycles. The Balaban J connectivity index is 1.14. The number of hydrogen-bond acceptors (Lipinski definition) is 6. The molecule has 11 aromatic carbocycles. The SMILES string of the molecule is Cc1ccc2nc(-c3ccc(C4(O)c5cc(-c6ccccc6)c(-c6ccccc6)cc5C(O)(c5ccc(-c6nc7ccc(C)cc7s6)cc5)c5c4c(-c4ccccc4)c4ccccc4c5-c4ccccc4)cc3)sc2c1. The molecule has 0 aliphatic heterocycles. The third kappa shape index (κ3) is 7.32. The van der Waals surface area contributed by atoms with Crippen LogP contribution >= 0.6 is 22.7 Å². The van der Waals surface area contributed by atoms with Crippen molar-refractivity contribution in [3.8, 4) is 65.6 Å². The van der Waals surface area contributed by atoms with Gasteiger partial charge in [-0.15, -0.1) is 22.7 Å². The molecule has 13 aromatic rings. The van der Waals surface area contributed by atoms with Crippen molar-refractivity contribution >= 4 is 53.9 Å². The van der Waals surface area contributed by atoms with Crippen molar-refractivity contribution in [3.63, 3.8) is 0 Å². The fraction of sp³-hybridized carbons (Fsp3) is 0.0571. The van der Waals surface area contributed by atoms with Gasteiger partial charge in [-0.05, 0) is 128 Å². The Morgan fingerprint density at radius 3 is 1.05 bits per heavy atom. The summed E-state index contributed by atoms with van der Waals surface area (Å²) in [5.41, 5.74) is 13.6. The van der Waals surface area contributed by atoms with Gasteiger partial charge in [0.25, 0.3) is 0 Å². The number of aryl methyl sites for hydroxylation is 2. The van der Waals surface area contributed by atoms with E-state index in [2.05, 4.69) is 232 Å². The van der Waals surface area contributed by atoms with Crippen molar-refractivity contribution in [2.45, 2.75) is 25.0 Å². The third-order valence-corrected chi connectivity index (χ3v) is 17.5. The quantitative estimate of drug-likeness (QED) is 0.159. The lowest BCUT2D eigenvalue weighted by atomic mass is 9.59. The molecule has 2 heterocycles. The van der Waals surface area contributed by atoms with Crippen LogP contribution in [0.15, 0.2) is 243 Å². The van der Waals surface area contributed by atoms with Gasteiger partial charge in [-0.1, -0.05) is 206 Å². The molecule has 14 rings (SSSR count). The van der Waals surface area contributed by atoms with Gasteiger partial charge in [-0.25, -0.2) is 9.97 Å². The van der Waals surface area contributed by atoms with E-state index < -0.39 is 11.2 Å². The molecule has 6 heteroatoms. The molecule has 0 bridgehead atoms. The molecule has 1 aliphatic carbocycles. The number of benzene rings is 11. The zero-order chi connectivity index (χ0) is 51.1. The molecule has 2 N–H and O–H groups in total. The number of aliphatic hydroxyl groups is 2. The van der Waals surface area contributed by atoms with Crippen LogP contribution < -0.4 is 0 Å². The Bertz CT molecular complexity index is 4080. The van der Waals surface area contributed by atoms with Crippen LogP contribution in [-0.2, 0) is 11.2 Å². The maximum Gasteiger partial charge on any atom is 0.142 e. The van der Waals surface area contributed by atoms with Crippen molar-refractivity contribution in [1.29, 1.82) is 0 Å². The molecule has 76 heavy (non-hydrogen) atoms. The van der Waals surface area contributed by atoms with Crippen molar-refractivity contribution in [1.82, 2.24) is 9.97 Å². The number of rotatable bonds is 8. The van der Waals surface area contributed by atoms with Gasteiger partial charge in [0.1, 0.15) is 21.2 Å². The molecule has 4 nitrogen and oxygen atoms in total. The molecule has 0 fully saturated rings. The van der Waals surface area contributed by atoms with Crippen LogP contribution in [0.1, 0.15) is 44.5 Å². The Morgan fingerprint density at radius 1 is 0.342 bits per heavy atom. The molecule has 0 spiro atoms. The minimum atomic E-state index is -1.86. The number of nitrogens with zero attached hydrogens (tertiary/aromatic N) is 2. The van der Waals surface area contributed by atoms with E-state index in [1.54, 1.807) is 22.7 Å². The Kier molecular flexibility index (Phi) is 10.9. The van der Waals surface area contributed by atoms with Crippen LogP contribution in [0.4, 0.5) is 0 Å². The summed E-state index contributed by atoms with van der Waals surface area (Å²) in [6, 6.07) is 83.8. The highest BCUT2D eigenvalue weighted by atomic mass is 32.1. The zero-order valence-corrected chi connectivity index (χ0v) is 43.3. The van der Waals surface area contributed by atoms with E-state index in [0.29, 0.717) is 33.4 Å². The zero-order valence-electron chi connectivity index (χ0n) is 41.7. The van der Waals surface area contributed by atoms with Crippen LogP contribution in [0.5, 0.6) is 0 Å². The summed E-state index contributed by atoms with van der Waals surface area (Å²) < 4.78 is 2.26. The highest BCUT2D eigenvalue weighted by molar-refractivity contribution is 7.22. The molecule has 2 atom stereocenters. The molecule has 0 saturated heterocycles. The standard InChI is InChI=1S/C70H48N2O2S2/c1-43-27-37-59-61(39-43)75-67(71-59)49-29-33-51(34-30-49)69(73)57-41-55(45-17-7-3-8-18-45)56(46-19-9-4-10-20-46)42-58(57)70(74,52-35-31-50(32-36-52)68-72-60-38-28-44(2)40-62(60)76-68)66-64(48-23-13-6-14-24-48)54-26-16-15-25-53(54)63(65(66)69)47-21-11-5-12-22-47/h3-42,73-74H,1-2H3. The largest absolute Gasteiger partial charge is 0.376 e. The van der Waals surface area contributed by atoms with E-state index in [0.717, 1.165) is 96.9 Å². The minimum Gasteiger partial charge on any atom is -0.376 e. The maximum absolute atomic E-state index is 15.2. The summed E-state index contributed by atoms with van der Waals surface area (Å²) in [7, 11) is 0. The summed E-state index contributed by atoms with van der Waals surface area (Å²) in [5.74, 6) is 0. The van der Waals surface area contributed by atoms with Gasteiger partial charge in [-0.3, -0.25) is 0 Å². The van der Waals surface area contributed by atoms with Crippen LogP contribution in [-0.4, -0.2) is 20.2 Å².